The highest BCUT2D eigenvalue weighted by Crippen LogP contribution is 2.08. The first-order chi connectivity index (χ1) is 7.68. The summed E-state index contributed by atoms with van der Waals surface area (Å²) in [4.78, 5) is 11.6. The highest BCUT2D eigenvalue weighted by molar-refractivity contribution is 7.80. The van der Waals surface area contributed by atoms with E-state index in [4.69, 9.17) is 5.73 Å². The Labute approximate surface area is 96.8 Å². The number of hydrazine groups is 1. The third kappa shape index (κ3) is 1.96. The van der Waals surface area contributed by atoms with Crippen molar-refractivity contribution in [3.8, 4) is 0 Å². The molecule has 0 atom stereocenters. The van der Waals surface area contributed by atoms with Crippen LogP contribution >= 0.6 is 12.2 Å². The van der Waals surface area contributed by atoms with Gasteiger partial charge < -0.3 is 5.73 Å². The average molecular weight is 234 g/mol. The summed E-state index contributed by atoms with van der Waals surface area (Å²) in [5, 5.41) is 1.01. The Bertz CT molecular complexity index is 593. The second-order valence-corrected chi connectivity index (χ2v) is 3.61. The van der Waals surface area contributed by atoms with E-state index in [2.05, 4.69) is 23.2 Å². The minimum atomic E-state index is -0.192. The van der Waals surface area contributed by atoms with E-state index in [1.807, 2.05) is 24.3 Å². The molecular formula is C10H10N4OS. The fourth-order valence-corrected chi connectivity index (χ4v) is 1.46. The lowest BCUT2D eigenvalue weighted by Crippen LogP contribution is -2.43. The molecular weight excluding hydrogens is 224 g/mol. The molecule has 0 saturated carbocycles. The fourth-order valence-electron chi connectivity index (χ4n) is 1.41. The molecule has 0 aliphatic rings. The first kappa shape index (κ1) is 10.4. The van der Waals surface area contributed by atoms with Crippen LogP contribution < -0.4 is 22.3 Å². The van der Waals surface area contributed by atoms with Crippen LogP contribution in [-0.4, -0.2) is 9.79 Å². The molecule has 4 N–H and O–H groups in total. The van der Waals surface area contributed by atoms with Crippen molar-refractivity contribution >= 4 is 28.2 Å². The number of thiocarbonyl (C=S) groups is 1. The molecule has 0 saturated heterocycles. The molecule has 82 valence electrons. The molecule has 0 spiro atoms. The zero-order valence-corrected chi connectivity index (χ0v) is 9.12. The van der Waals surface area contributed by atoms with E-state index in [0.29, 0.717) is 0 Å². The molecule has 2 rings (SSSR count). The Balaban J connectivity index is 2.53. The van der Waals surface area contributed by atoms with Gasteiger partial charge in [-0.1, -0.05) is 18.2 Å². The van der Waals surface area contributed by atoms with E-state index in [0.717, 1.165) is 10.9 Å². The topological polar surface area (TPSA) is 72.1 Å². The zero-order chi connectivity index (χ0) is 11.5. The van der Waals surface area contributed by atoms with E-state index >= 15 is 0 Å². The number of rotatable bonds is 2. The van der Waals surface area contributed by atoms with Crippen LogP contribution in [0.3, 0.4) is 0 Å². The monoisotopic (exact) mass is 234 g/mol. The van der Waals surface area contributed by atoms with Gasteiger partial charge in [0, 0.05) is 11.5 Å². The Hall–Kier alpha value is -2.08. The maximum atomic E-state index is 11.6. The second-order valence-electron chi connectivity index (χ2n) is 3.17. The standard InChI is InChI=1S/C10H10N4OS/c11-10(16)12-13-14-8-4-2-1-3-7(8)5-6-9(14)15/h1-6,13H,(H3,11,12,16). The maximum Gasteiger partial charge on any atom is 0.270 e. The van der Waals surface area contributed by atoms with E-state index < -0.39 is 0 Å². The number of aromatic nitrogens is 1. The van der Waals surface area contributed by atoms with E-state index in [1.165, 1.54) is 10.7 Å². The number of hydrogen-bond donors (Lipinski definition) is 3. The van der Waals surface area contributed by atoms with Crippen LogP contribution in [0.25, 0.3) is 10.9 Å². The van der Waals surface area contributed by atoms with Gasteiger partial charge in [0.25, 0.3) is 5.56 Å². The summed E-state index contributed by atoms with van der Waals surface area (Å²) >= 11 is 4.65. The maximum absolute atomic E-state index is 11.6. The molecule has 16 heavy (non-hydrogen) atoms. The van der Waals surface area contributed by atoms with Crippen molar-refractivity contribution in [1.29, 1.82) is 0 Å². The fraction of sp³-hybridized carbons (Fsp3) is 0. The molecule has 2 aromatic rings. The van der Waals surface area contributed by atoms with Crippen LogP contribution in [-0.2, 0) is 0 Å². The minimum Gasteiger partial charge on any atom is -0.375 e. The SMILES string of the molecule is NC(=S)NNn1c(=O)ccc2ccccc21. The summed E-state index contributed by atoms with van der Waals surface area (Å²) in [5.41, 5.74) is 11.0. The van der Waals surface area contributed by atoms with Crippen LogP contribution in [0, 0.1) is 0 Å². The van der Waals surface area contributed by atoms with Gasteiger partial charge in [-0.15, -0.1) is 0 Å². The molecule has 1 heterocycles. The van der Waals surface area contributed by atoms with Crippen molar-refractivity contribution in [3.05, 3.63) is 46.8 Å². The van der Waals surface area contributed by atoms with Gasteiger partial charge in [0.15, 0.2) is 5.11 Å². The summed E-state index contributed by atoms with van der Waals surface area (Å²) in [6, 6.07) is 10.7. The molecule has 0 unspecified atom stereocenters. The van der Waals surface area contributed by atoms with E-state index in [-0.39, 0.29) is 10.7 Å². The quantitative estimate of drug-likeness (QED) is 0.514. The smallest absolute Gasteiger partial charge is 0.270 e. The summed E-state index contributed by atoms with van der Waals surface area (Å²) in [6.45, 7) is 0. The number of nitrogens with one attached hydrogen (secondary N) is 2. The van der Waals surface area contributed by atoms with Crippen molar-refractivity contribution in [1.82, 2.24) is 10.1 Å². The number of hydrogen-bond acceptors (Lipinski definition) is 3. The van der Waals surface area contributed by atoms with Gasteiger partial charge in [0.05, 0.1) is 5.52 Å². The lowest BCUT2D eigenvalue weighted by Gasteiger charge is -2.12. The Morgan fingerprint density at radius 3 is 2.75 bits per heavy atom. The van der Waals surface area contributed by atoms with Crippen molar-refractivity contribution in [2.45, 2.75) is 0 Å². The van der Waals surface area contributed by atoms with Gasteiger partial charge in [-0.2, -0.15) is 0 Å². The van der Waals surface area contributed by atoms with Gasteiger partial charge in [0.2, 0.25) is 0 Å². The Morgan fingerprint density at radius 2 is 2.00 bits per heavy atom. The van der Waals surface area contributed by atoms with Crippen LogP contribution in [0.2, 0.25) is 0 Å². The van der Waals surface area contributed by atoms with Gasteiger partial charge in [-0.05, 0) is 24.4 Å². The molecule has 5 nitrogen and oxygen atoms in total. The lowest BCUT2D eigenvalue weighted by molar-refractivity contribution is 0.811. The number of nitrogens with two attached hydrogens (primary N) is 1. The zero-order valence-electron chi connectivity index (χ0n) is 8.31. The van der Waals surface area contributed by atoms with Gasteiger partial charge in [-0.25, -0.2) is 10.2 Å². The Kier molecular flexibility index (Phi) is 2.74. The van der Waals surface area contributed by atoms with Crippen LogP contribution in [0.4, 0.5) is 0 Å². The van der Waals surface area contributed by atoms with E-state index in [1.54, 1.807) is 6.07 Å². The normalized spacial score (nSPS) is 10.0. The predicted octanol–water partition coefficient (Wildman–Crippen LogP) is 0.293. The molecule has 0 amide bonds. The summed E-state index contributed by atoms with van der Waals surface area (Å²) in [5.74, 6) is 0. The highest BCUT2D eigenvalue weighted by Gasteiger charge is 2.00. The molecule has 0 radical (unpaired) electrons. The number of para-hydroxylation sites is 1. The minimum absolute atomic E-state index is 0.0693. The molecule has 1 aromatic heterocycles. The predicted molar refractivity (Wildman–Crippen MR) is 67.5 cm³/mol. The molecule has 0 bridgehead atoms. The second kappa shape index (κ2) is 4.19. The average Bonchev–Trinajstić information content (AvgIpc) is 2.27. The van der Waals surface area contributed by atoms with E-state index in [9.17, 15) is 4.79 Å². The van der Waals surface area contributed by atoms with Crippen LogP contribution in [0.15, 0.2) is 41.2 Å². The number of benzene rings is 1. The van der Waals surface area contributed by atoms with Crippen molar-refractivity contribution in [2.75, 3.05) is 5.53 Å². The van der Waals surface area contributed by atoms with Gasteiger partial charge in [-0.3, -0.25) is 10.2 Å². The first-order valence-corrected chi connectivity index (χ1v) is 5.01. The largest absolute Gasteiger partial charge is 0.375 e. The highest BCUT2D eigenvalue weighted by atomic mass is 32.1. The number of nitrogens with zero attached hydrogens (tertiary/aromatic N) is 1. The van der Waals surface area contributed by atoms with Crippen molar-refractivity contribution < 1.29 is 0 Å². The molecule has 0 fully saturated rings. The van der Waals surface area contributed by atoms with Gasteiger partial charge >= 0.3 is 0 Å². The third-order valence-electron chi connectivity index (χ3n) is 2.09. The summed E-state index contributed by atoms with van der Waals surface area (Å²) in [6.07, 6.45) is 0. The van der Waals surface area contributed by atoms with Crippen molar-refractivity contribution in [3.63, 3.8) is 0 Å². The van der Waals surface area contributed by atoms with Crippen LogP contribution in [0.1, 0.15) is 0 Å². The summed E-state index contributed by atoms with van der Waals surface area (Å²) < 4.78 is 1.34. The molecule has 0 aliphatic carbocycles. The lowest BCUT2D eigenvalue weighted by atomic mass is 10.2. The van der Waals surface area contributed by atoms with Crippen LogP contribution in [0.5, 0.6) is 0 Å². The molecule has 0 aliphatic heterocycles. The molecule has 6 heteroatoms. The number of fused-ring (bicyclic) bond motifs is 1. The van der Waals surface area contributed by atoms with Crippen molar-refractivity contribution in [2.24, 2.45) is 5.73 Å². The molecule has 1 aromatic carbocycles. The first-order valence-electron chi connectivity index (χ1n) is 4.61. The Morgan fingerprint density at radius 1 is 1.25 bits per heavy atom. The van der Waals surface area contributed by atoms with Gasteiger partial charge in [0.1, 0.15) is 0 Å². The number of pyridine rings is 1. The summed E-state index contributed by atoms with van der Waals surface area (Å²) in [7, 11) is 0. The third-order valence-corrected chi connectivity index (χ3v) is 2.20.